The highest BCUT2D eigenvalue weighted by atomic mass is 19.4. The van der Waals surface area contributed by atoms with Crippen LogP contribution >= 0.6 is 0 Å². The first kappa shape index (κ1) is 16.0. The third kappa shape index (κ3) is 2.42. The summed E-state index contributed by atoms with van der Waals surface area (Å²) in [6, 6.07) is 4.58. The monoisotopic (exact) mass is 339 g/mol. The van der Waals surface area contributed by atoms with Crippen molar-refractivity contribution in [2.45, 2.75) is 24.9 Å². The fraction of sp³-hybridized carbons (Fsp3) is 0.429. The number of halogens is 3. The summed E-state index contributed by atoms with van der Waals surface area (Å²) in [6.07, 6.45) is -5.01. The predicted molar refractivity (Wildman–Crippen MR) is 72.8 cm³/mol. The number of nitriles is 1. The number of H-pyrrole nitrogens is 1. The van der Waals surface area contributed by atoms with E-state index in [2.05, 4.69) is 15.1 Å². The molecule has 1 aliphatic rings. The molecule has 0 saturated carbocycles. The molecule has 1 unspecified atom stereocenters. The number of amides is 1. The summed E-state index contributed by atoms with van der Waals surface area (Å²) < 4.78 is 45.8. The van der Waals surface area contributed by atoms with Gasteiger partial charge in [-0.05, 0) is 25.5 Å². The zero-order chi connectivity index (χ0) is 17.5. The van der Waals surface area contributed by atoms with Gasteiger partial charge in [-0.2, -0.15) is 23.4 Å². The van der Waals surface area contributed by atoms with E-state index in [1.807, 2.05) is 6.07 Å². The van der Waals surface area contributed by atoms with E-state index in [0.29, 0.717) is 0 Å². The largest absolute Gasteiger partial charge is 0.405 e. The van der Waals surface area contributed by atoms with E-state index in [-0.39, 0.29) is 30.2 Å². The molecule has 0 spiro atoms. The molecule has 1 N–H and O–H groups in total. The Labute approximate surface area is 134 Å². The van der Waals surface area contributed by atoms with Crippen molar-refractivity contribution in [3.63, 3.8) is 0 Å². The Morgan fingerprint density at radius 3 is 2.79 bits per heavy atom. The van der Waals surface area contributed by atoms with Gasteiger partial charge in [0.15, 0.2) is 11.2 Å². The third-order valence-electron chi connectivity index (χ3n) is 4.07. The number of likely N-dealkylation sites (tertiary alicyclic amines) is 1. The summed E-state index contributed by atoms with van der Waals surface area (Å²) in [4.78, 5) is 19.7. The fourth-order valence-corrected chi connectivity index (χ4v) is 2.76. The number of nitrogens with one attached hydrogen (secondary N) is 1. The molecule has 1 atom stereocenters. The molecule has 24 heavy (non-hydrogen) atoms. The SMILES string of the molecule is Cc1noc(C2(C(F)(F)F)CCN(C(=O)c3ccc(C#N)[nH]3)C2)n1. The molecule has 126 valence electrons. The molecule has 0 aromatic carbocycles. The van der Waals surface area contributed by atoms with Crippen molar-refractivity contribution in [1.82, 2.24) is 20.0 Å². The second-order valence-electron chi connectivity index (χ2n) is 5.60. The standard InChI is InChI=1S/C14H12F3N5O2/c1-8-19-12(24-21-8)13(14(15,16)17)4-5-22(7-13)11(23)10-3-2-9(6-18)20-10/h2-3,20H,4-5,7H2,1H3. The Hall–Kier alpha value is -2.83. The Bertz CT molecular complexity index is 819. The Kier molecular flexibility index (Phi) is 3.59. The molecule has 0 aliphatic carbocycles. The predicted octanol–water partition coefficient (Wildman–Crippen LogP) is 1.92. The molecular weight excluding hydrogens is 327 g/mol. The van der Waals surface area contributed by atoms with Crippen molar-refractivity contribution < 1.29 is 22.5 Å². The number of aryl methyl sites for hydroxylation is 1. The van der Waals surface area contributed by atoms with Gasteiger partial charge in [0.25, 0.3) is 5.91 Å². The van der Waals surface area contributed by atoms with Gasteiger partial charge in [0.1, 0.15) is 17.5 Å². The number of hydrogen-bond donors (Lipinski definition) is 1. The number of carbonyl (C=O) groups is 1. The van der Waals surface area contributed by atoms with Gasteiger partial charge in [0.05, 0.1) is 0 Å². The van der Waals surface area contributed by atoms with Crippen LogP contribution in [0, 0.1) is 18.3 Å². The van der Waals surface area contributed by atoms with Crippen LogP contribution in [0.3, 0.4) is 0 Å². The minimum Gasteiger partial charge on any atom is -0.342 e. The van der Waals surface area contributed by atoms with Crippen LogP contribution in [-0.2, 0) is 5.41 Å². The second-order valence-corrected chi connectivity index (χ2v) is 5.60. The summed E-state index contributed by atoms with van der Waals surface area (Å²) >= 11 is 0. The Morgan fingerprint density at radius 1 is 1.50 bits per heavy atom. The van der Waals surface area contributed by atoms with E-state index in [1.54, 1.807) is 0 Å². The molecule has 2 aromatic heterocycles. The molecule has 3 heterocycles. The van der Waals surface area contributed by atoms with Gasteiger partial charge in [-0.25, -0.2) is 0 Å². The first-order chi connectivity index (χ1) is 11.3. The first-order valence-electron chi connectivity index (χ1n) is 7.03. The molecular formula is C14H12F3N5O2. The average molecular weight is 339 g/mol. The zero-order valence-corrected chi connectivity index (χ0v) is 12.5. The van der Waals surface area contributed by atoms with Crippen LogP contribution in [0.2, 0.25) is 0 Å². The number of alkyl halides is 3. The number of carbonyl (C=O) groups excluding carboxylic acids is 1. The number of hydrogen-bond acceptors (Lipinski definition) is 5. The highest BCUT2D eigenvalue weighted by molar-refractivity contribution is 5.93. The minimum atomic E-state index is -4.64. The molecule has 1 saturated heterocycles. The number of rotatable bonds is 2. The molecule has 1 aliphatic heterocycles. The van der Waals surface area contributed by atoms with Crippen molar-refractivity contribution in [3.8, 4) is 6.07 Å². The van der Waals surface area contributed by atoms with E-state index in [0.717, 1.165) is 4.90 Å². The topological polar surface area (TPSA) is 98.8 Å². The fourth-order valence-electron chi connectivity index (χ4n) is 2.76. The normalized spacial score (nSPS) is 21.0. The van der Waals surface area contributed by atoms with Crippen LogP contribution in [0.1, 0.15) is 34.3 Å². The lowest BCUT2D eigenvalue weighted by Crippen LogP contribution is -2.46. The number of aromatic nitrogens is 3. The molecule has 0 bridgehead atoms. The van der Waals surface area contributed by atoms with Crippen molar-refractivity contribution in [2.75, 3.05) is 13.1 Å². The lowest BCUT2D eigenvalue weighted by atomic mass is 9.86. The van der Waals surface area contributed by atoms with Gasteiger partial charge >= 0.3 is 6.18 Å². The highest BCUT2D eigenvalue weighted by Gasteiger charge is 2.63. The summed E-state index contributed by atoms with van der Waals surface area (Å²) in [5.41, 5.74) is -2.16. The quantitative estimate of drug-likeness (QED) is 0.901. The second kappa shape index (κ2) is 5.36. The van der Waals surface area contributed by atoms with Gasteiger partial charge in [-0.15, -0.1) is 0 Å². The van der Waals surface area contributed by atoms with E-state index in [4.69, 9.17) is 9.78 Å². The number of nitrogens with zero attached hydrogens (tertiary/aromatic N) is 4. The maximum atomic E-state index is 13.7. The third-order valence-corrected chi connectivity index (χ3v) is 4.07. The van der Waals surface area contributed by atoms with Crippen LogP contribution in [0.5, 0.6) is 0 Å². The van der Waals surface area contributed by atoms with Crippen LogP contribution < -0.4 is 0 Å². The Balaban J connectivity index is 1.90. The van der Waals surface area contributed by atoms with Gasteiger partial charge < -0.3 is 14.4 Å². The molecule has 0 radical (unpaired) electrons. The van der Waals surface area contributed by atoms with Gasteiger partial charge in [0, 0.05) is 13.1 Å². The summed E-state index contributed by atoms with van der Waals surface area (Å²) in [6.45, 7) is 0.704. The Morgan fingerprint density at radius 2 is 2.25 bits per heavy atom. The number of aromatic amines is 1. The van der Waals surface area contributed by atoms with Gasteiger partial charge in [0.2, 0.25) is 5.89 Å². The van der Waals surface area contributed by atoms with Gasteiger partial charge in [-0.3, -0.25) is 4.79 Å². The van der Waals surface area contributed by atoms with Crippen molar-refractivity contribution in [2.24, 2.45) is 0 Å². The molecule has 3 rings (SSSR count). The van der Waals surface area contributed by atoms with Crippen LogP contribution in [0.15, 0.2) is 16.7 Å². The molecule has 2 aromatic rings. The summed E-state index contributed by atoms with van der Waals surface area (Å²) in [7, 11) is 0. The lowest BCUT2D eigenvalue weighted by Gasteiger charge is -2.27. The smallest absolute Gasteiger partial charge is 0.342 e. The van der Waals surface area contributed by atoms with E-state index in [9.17, 15) is 18.0 Å². The van der Waals surface area contributed by atoms with Crippen molar-refractivity contribution in [3.05, 3.63) is 35.2 Å². The molecule has 1 amide bonds. The average Bonchev–Trinajstić information content (AvgIpc) is 3.24. The van der Waals surface area contributed by atoms with Crippen molar-refractivity contribution >= 4 is 5.91 Å². The van der Waals surface area contributed by atoms with Crippen LogP contribution in [0.25, 0.3) is 0 Å². The summed E-state index contributed by atoms with van der Waals surface area (Å²) in [5, 5.41) is 12.2. The van der Waals surface area contributed by atoms with Crippen LogP contribution in [-0.4, -0.2) is 45.2 Å². The maximum Gasteiger partial charge on any atom is 0.405 e. The molecule has 1 fully saturated rings. The van der Waals surface area contributed by atoms with Crippen molar-refractivity contribution in [1.29, 1.82) is 5.26 Å². The zero-order valence-electron chi connectivity index (χ0n) is 12.5. The minimum absolute atomic E-state index is 0.0613. The lowest BCUT2D eigenvalue weighted by molar-refractivity contribution is -0.193. The molecule has 7 nitrogen and oxygen atoms in total. The van der Waals surface area contributed by atoms with E-state index < -0.39 is 29.9 Å². The van der Waals surface area contributed by atoms with E-state index >= 15 is 0 Å². The first-order valence-corrected chi connectivity index (χ1v) is 7.03. The van der Waals surface area contributed by atoms with E-state index in [1.165, 1.54) is 19.1 Å². The maximum absolute atomic E-state index is 13.7. The highest BCUT2D eigenvalue weighted by Crippen LogP contribution is 2.47. The summed E-state index contributed by atoms with van der Waals surface area (Å²) in [5.74, 6) is -1.05. The van der Waals surface area contributed by atoms with Gasteiger partial charge in [-0.1, -0.05) is 5.16 Å². The molecule has 10 heteroatoms. The van der Waals surface area contributed by atoms with Crippen LogP contribution in [0.4, 0.5) is 13.2 Å².